The van der Waals surface area contributed by atoms with E-state index in [0.29, 0.717) is 30.2 Å². The molecule has 0 aromatic heterocycles. The van der Waals surface area contributed by atoms with Crippen LogP contribution in [0.15, 0.2) is 72.8 Å². The van der Waals surface area contributed by atoms with Gasteiger partial charge in [-0.15, -0.1) is 0 Å². The van der Waals surface area contributed by atoms with Crippen LogP contribution in [-0.2, 0) is 22.6 Å². The number of hydrogen-bond acceptors (Lipinski definition) is 5. The summed E-state index contributed by atoms with van der Waals surface area (Å²) in [7, 11) is 3.12. The Labute approximate surface area is 237 Å². The van der Waals surface area contributed by atoms with E-state index in [-0.39, 0.29) is 24.5 Å². The van der Waals surface area contributed by atoms with Crippen molar-refractivity contribution in [3.63, 3.8) is 0 Å². The maximum atomic E-state index is 13.9. The fourth-order valence-electron chi connectivity index (χ4n) is 5.20. The lowest BCUT2D eigenvalue weighted by Gasteiger charge is -2.33. The fraction of sp³-hybridized carbons (Fsp3) is 0.394. The Bertz CT molecular complexity index is 1230. The first-order chi connectivity index (χ1) is 19.4. The minimum atomic E-state index is -0.694. The number of carbonyl (C=O) groups is 2. The smallest absolute Gasteiger partial charge is 0.261 e. The summed E-state index contributed by atoms with van der Waals surface area (Å²) in [5.41, 5.74) is 3.04. The van der Waals surface area contributed by atoms with Crippen molar-refractivity contribution < 1.29 is 23.8 Å². The Balaban J connectivity index is 1.62. The number of hydrogen-bond donors (Lipinski definition) is 1. The first kappa shape index (κ1) is 29.0. The van der Waals surface area contributed by atoms with Gasteiger partial charge >= 0.3 is 0 Å². The molecule has 7 nitrogen and oxygen atoms in total. The van der Waals surface area contributed by atoms with Crippen molar-refractivity contribution in [2.45, 2.75) is 64.1 Å². The monoisotopic (exact) mass is 544 g/mol. The number of nitrogens with one attached hydrogen (secondary N) is 1. The quantitative estimate of drug-likeness (QED) is 0.327. The first-order valence-electron chi connectivity index (χ1n) is 14.0. The number of amides is 2. The molecule has 1 saturated carbocycles. The van der Waals surface area contributed by atoms with Gasteiger partial charge in [-0.25, -0.2) is 0 Å². The molecular weight excluding hydrogens is 504 g/mol. The highest BCUT2D eigenvalue weighted by molar-refractivity contribution is 5.88. The number of ether oxygens (including phenoxy) is 3. The third kappa shape index (κ3) is 8.25. The number of benzene rings is 3. The third-order valence-corrected chi connectivity index (χ3v) is 7.35. The Kier molecular flexibility index (Phi) is 10.4. The van der Waals surface area contributed by atoms with E-state index in [9.17, 15) is 9.59 Å². The van der Waals surface area contributed by atoms with E-state index in [1.807, 2.05) is 61.5 Å². The van der Waals surface area contributed by atoms with E-state index in [2.05, 4.69) is 5.32 Å². The van der Waals surface area contributed by atoms with Gasteiger partial charge < -0.3 is 24.4 Å². The Morgan fingerprint density at radius 1 is 0.850 bits per heavy atom. The average Bonchev–Trinajstić information content (AvgIpc) is 2.98. The van der Waals surface area contributed by atoms with E-state index in [0.717, 1.165) is 42.4 Å². The second-order valence-electron chi connectivity index (χ2n) is 10.4. The molecule has 4 rings (SSSR count). The van der Waals surface area contributed by atoms with E-state index < -0.39 is 6.04 Å². The molecule has 1 aliphatic rings. The molecule has 0 radical (unpaired) electrons. The molecule has 2 amide bonds. The summed E-state index contributed by atoms with van der Waals surface area (Å²) < 4.78 is 16.6. The fourth-order valence-corrected chi connectivity index (χ4v) is 5.20. The summed E-state index contributed by atoms with van der Waals surface area (Å²) >= 11 is 0. The minimum Gasteiger partial charge on any atom is -0.496 e. The average molecular weight is 545 g/mol. The van der Waals surface area contributed by atoms with Crippen molar-refractivity contribution in [2.75, 3.05) is 20.8 Å². The Hall–Kier alpha value is -4.00. The summed E-state index contributed by atoms with van der Waals surface area (Å²) in [6.45, 7) is 2.08. The summed E-state index contributed by atoms with van der Waals surface area (Å²) in [5.74, 6) is 1.17. The molecule has 0 aliphatic heterocycles. The molecule has 1 fully saturated rings. The highest BCUT2D eigenvalue weighted by Crippen LogP contribution is 2.28. The van der Waals surface area contributed by atoms with Gasteiger partial charge in [0.05, 0.1) is 14.2 Å². The van der Waals surface area contributed by atoms with Crippen LogP contribution >= 0.6 is 0 Å². The molecule has 1 N–H and O–H groups in total. The second kappa shape index (κ2) is 14.4. The van der Waals surface area contributed by atoms with Gasteiger partial charge in [0.15, 0.2) is 6.61 Å². The number of carbonyl (C=O) groups excluding carboxylic acids is 2. The zero-order valence-corrected chi connectivity index (χ0v) is 23.7. The molecule has 0 heterocycles. The van der Waals surface area contributed by atoms with E-state index in [4.69, 9.17) is 14.2 Å². The normalized spacial score (nSPS) is 14.2. The maximum absolute atomic E-state index is 13.9. The Morgan fingerprint density at radius 2 is 1.50 bits per heavy atom. The minimum absolute atomic E-state index is 0.125. The predicted octanol–water partition coefficient (Wildman–Crippen LogP) is 5.48. The van der Waals surface area contributed by atoms with E-state index in [1.54, 1.807) is 37.3 Å². The number of methoxy groups -OCH3 is 2. The van der Waals surface area contributed by atoms with Gasteiger partial charge in [-0.05, 0) is 30.9 Å². The Morgan fingerprint density at radius 3 is 2.15 bits per heavy atom. The standard InChI is InChI=1S/C33H40N2O5/c1-24-11-10-14-26(17-24)22-35(32(36)23-40-30-20-28(38-2)19-29(21-30)39-3)31(18-25-12-6-4-7-13-25)33(37)34-27-15-8-5-9-16-27/h4,6-7,10-14,17,19-21,27,31H,5,8-9,15-16,18,22-23H2,1-3H3,(H,34,37). The molecule has 0 saturated heterocycles. The van der Waals surface area contributed by atoms with Crippen LogP contribution in [-0.4, -0.2) is 49.6 Å². The molecular formula is C33H40N2O5. The summed E-state index contributed by atoms with van der Waals surface area (Å²) in [5, 5.41) is 3.27. The van der Waals surface area contributed by atoms with Gasteiger partial charge in [-0.2, -0.15) is 0 Å². The number of nitrogens with zero attached hydrogens (tertiary/aromatic N) is 1. The van der Waals surface area contributed by atoms with E-state index in [1.165, 1.54) is 6.42 Å². The molecule has 0 spiro atoms. The van der Waals surface area contributed by atoms with Crippen molar-refractivity contribution in [2.24, 2.45) is 0 Å². The van der Waals surface area contributed by atoms with Crippen molar-refractivity contribution in [3.8, 4) is 17.2 Å². The van der Waals surface area contributed by atoms with Gasteiger partial charge in [0.25, 0.3) is 5.91 Å². The van der Waals surface area contributed by atoms with Crippen molar-refractivity contribution in [1.82, 2.24) is 10.2 Å². The summed E-state index contributed by atoms with van der Waals surface area (Å²) in [6, 6.07) is 22.5. The number of aryl methyl sites for hydroxylation is 1. The van der Waals surface area contributed by atoms with Gasteiger partial charge in [-0.3, -0.25) is 9.59 Å². The van der Waals surface area contributed by atoms with Crippen LogP contribution in [0.2, 0.25) is 0 Å². The van der Waals surface area contributed by atoms with Crippen molar-refractivity contribution in [1.29, 1.82) is 0 Å². The molecule has 40 heavy (non-hydrogen) atoms. The van der Waals surface area contributed by atoms with Crippen LogP contribution in [0.3, 0.4) is 0 Å². The van der Waals surface area contributed by atoms with Crippen LogP contribution in [0.25, 0.3) is 0 Å². The molecule has 7 heteroatoms. The van der Waals surface area contributed by atoms with Crippen LogP contribution in [0.1, 0.15) is 48.8 Å². The first-order valence-corrected chi connectivity index (χ1v) is 14.0. The largest absolute Gasteiger partial charge is 0.496 e. The molecule has 0 bridgehead atoms. The SMILES string of the molecule is COc1cc(OC)cc(OCC(=O)N(Cc2cccc(C)c2)C(Cc2ccccc2)C(=O)NC2CCCCC2)c1. The maximum Gasteiger partial charge on any atom is 0.261 e. The molecule has 1 aliphatic carbocycles. The van der Waals surface area contributed by atoms with Gasteiger partial charge in [0, 0.05) is 37.2 Å². The van der Waals surface area contributed by atoms with Crippen LogP contribution in [0.4, 0.5) is 0 Å². The number of rotatable bonds is 12. The molecule has 1 unspecified atom stereocenters. The molecule has 3 aromatic rings. The molecule has 1 atom stereocenters. The molecule has 3 aromatic carbocycles. The summed E-state index contributed by atoms with van der Waals surface area (Å²) in [4.78, 5) is 29.4. The van der Waals surface area contributed by atoms with Crippen LogP contribution in [0.5, 0.6) is 17.2 Å². The highest BCUT2D eigenvalue weighted by Gasteiger charge is 2.32. The van der Waals surface area contributed by atoms with Crippen molar-refractivity contribution in [3.05, 3.63) is 89.5 Å². The lowest BCUT2D eigenvalue weighted by molar-refractivity contribution is -0.143. The predicted molar refractivity (Wildman–Crippen MR) is 156 cm³/mol. The van der Waals surface area contributed by atoms with Gasteiger partial charge in [0.2, 0.25) is 5.91 Å². The lowest BCUT2D eigenvalue weighted by Crippen LogP contribution is -2.53. The zero-order chi connectivity index (χ0) is 28.3. The highest BCUT2D eigenvalue weighted by atomic mass is 16.5. The third-order valence-electron chi connectivity index (χ3n) is 7.35. The van der Waals surface area contributed by atoms with Crippen molar-refractivity contribution >= 4 is 11.8 Å². The van der Waals surface area contributed by atoms with Gasteiger partial charge in [0.1, 0.15) is 23.3 Å². The topological polar surface area (TPSA) is 77.1 Å². The lowest BCUT2D eigenvalue weighted by atomic mass is 9.94. The summed E-state index contributed by atoms with van der Waals surface area (Å²) in [6.07, 6.45) is 5.76. The second-order valence-corrected chi connectivity index (χ2v) is 10.4. The van der Waals surface area contributed by atoms with E-state index >= 15 is 0 Å². The van der Waals surface area contributed by atoms with Crippen LogP contribution in [0, 0.1) is 6.92 Å². The zero-order valence-electron chi connectivity index (χ0n) is 23.7. The molecule has 212 valence electrons. The van der Waals surface area contributed by atoms with Gasteiger partial charge in [-0.1, -0.05) is 79.4 Å². The van der Waals surface area contributed by atoms with Crippen LogP contribution < -0.4 is 19.5 Å².